The van der Waals surface area contributed by atoms with E-state index in [2.05, 4.69) is 4.72 Å². The summed E-state index contributed by atoms with van der Waals surface area (Å²) in [7, 11) is -1.38. The third-order valence-electron chi connectivity index (χ3n) is 4.52. The average molecular weight is 363 g/mol. The molecule has 2 aromatic rings. The summed E-state index contributed by atoms with van der Waals surface area (Å²) in [5.74, 6) is 0.217. The van der Waals surface area contributed by atoms with Crippen molar-refractivity contribution in [3.63, 3.8) is 0 Å². The van der Waals surface area contributed by atoms with Crippen molar-refractivity contribution in [2.75, 3.05) is 0 Å². The van der Waals surface area contributed by atoms with E-state index in [1.165, 1.54) is 14.1 Å². The van der Waals surface area contributed by atoms with Crippen LogP contribution in [0.3, 0.4) is 0 Å². The van der Waals surface area contributed by atoms with Crippen LogP contribution in [0.15, 0.2) is 44.9 Å². The Kier molecular flexibility index (Phi) is 4.42. The molecule has 3 rings (SSSR count). The third kappa shape index (κ3) is 3.45. The first kappa shape index (κ1) is 17.6. The van der Waals surface area contributed by atoms with E-state index in [1.807, 2.05) is 31.2 Å². The lowest BCUT2D eigenvalue weighted by Gasteiger charge is -2.19. The Morgan fingerprint density at radius 1 is 1.12 bits per heavy atom. The van der Waals surface area contributed by atoms with E-state index >= 15 is 0 Å². The normalized spacial score (nSPS) is 16.0. The zero-order chi connectivity index (χ0) is 18.4. The van der Waals surface area contributed by atoms with E-state index in [0.29, 0.717) is 0 Å². The fourth-order valence-electron chi connectivity index (χ4n) is 2.83. The quantitative estimate of drug-likeness (QED) is 0.852. The van der Waals surface area contributed by atoms with E-state index in [9.17, 15) is 18.0 Å². The lowest BCUT2D eigenvalue weighted by atomic mass is 10.0. The summed E-state index contributed by atoms with van der Waals surface area (Å²) in [4.78, 5) is 23.6. The van der Waals surface area contributed by atoms with E-state index in [1.54, 1.807) is 0 Å². The Morgan fingerprint density at radius 2 is 1.72 bits per heavy atom. The minimum Gasteiger partial charge on any atom is -0.302 e. The molecule has 1 heterocycles. The van der Waals surface area contributed by atoms with Gasteiger partial charge in [-0.3, -0.25) is 9.36 Å². The van der Waals surface area contributed by atoms with Gasteiger partial charge in [-0.2, -0.15) is 0 Å². The van der Waals surface area contributed by atoms with Crippen LogP contribution in [0.1, 0.15) is 30.0 Å². The molecule has 0 saturated heterocycles. The van der Waals surface area contributed by atoms with Crippen molar-refractivity contribution in [3.05, 3.63) is 62.4 Å². The van der Waals surface area contributed by atoms with Crippen molar-refractivity contribution in [2.24, 2.45) is 20.0 Å². The van der Waals surface area contributed by atoms with Crippen LogP contribution in [0.5, 0.6) is 0 Å². The van der Waals surface area contributed by atoms with E-state index in [4.69, 9.17) is 0 Å². The standard InChI is InChI=1S/C17H21N3O4S/c1-11-4-6-12(7-5-11)15(13-8-9-13)18-25(23,24)14-10-19(2)17(22)20(3)16(14)21/h4-7,10,13,15,18H,8-9H2,1-3H3. The lowest BCUT2D eigenvalue weighted by Crippen LogP contribution is -2.42. The fourth-order valence-corrected chi connectivity index (χ4v) is 4.28. The molecule has 0 bridgehead atoms. The SMILES string of the molecule is Cc1ccc(C(NS(=O)(=O)c2cn(C)c(=O)n(C)c2=O)C2CC2)cc1. The Balaban J connectivity index is 2.01. The highest BCUT2D eigenvalue weighted by Crippen LogP contribution is 2.41. The lowest BCUT2D eigenvalue weighted by molar-refractivity contribution is 0.524. The second-order valence-corrected chi connectivity index (χ2v) is 8.28. The zero-order valence-electron chi connectivity index (χ0n) is 14.4. The predicted molar refractivity (Wildman–Crippen MR) is 93.9 cm³/mol. The first-order valence-electron chi connectivity index (χ1n) is 8.06. The Hall–Kier alpha value is -2.19. The average Bonchev–Trinajstić information content (AvgIpc) is 3.40. The Bertz CT molecular complexity index is 1020. The highest BCUT2D eigenvalue weighted by Gasteiger charge is 2.36. The molecule has 1 aromatic heterocycles. The van der Waals surface area contributed by atoms with Crippen LogP contribution in [0.2, 0.25) is 0 Å². The number of benzene rings is 1. The number of hydrogen-bond donors (Lipinski definition) is 1. The Morgan fingerprint density at radius 3 is 2.28 bits per heavy atom. The molecule has 1 aromatic carbocycles. The van der Waals surface area contributed by atoms with Crippen molar-refractivity contribution >= 4 is 10.0 Å². The minimum atomic E-state index is -4.06. The summed E-state index contributed by atoms with van der Waals surface area (Å²) >= 11 is 0. The van der Waals surface area contributed by atoms with Gasteiger partial charge in [-0.1, -0.05) is 29.8 Å². The first-order chi connectivity index (χ1) is 11.7. The van der Waals surface area contributed by atoms with Crippen molar-refractivity contribution in [1.82, 2.24) is 13.9 Å². The van der Waals surface area contributed by atoms with Crippen LogP contribution in [0, 0.1) is 12.8 Å². The number of rotatable bonds is 5. The third-order valence-corrected chi connectivity index (χ3v) is 5.94. The predicted octanol–water partition coefficient (Wildman–Crippen LogP) is 0.822. The molecule has 1 aliphatic rings. The van der Waals surface area contributed by atoms with Gasteiger partial charge in [0, 0.05) is 26.3 Å². The first-order valence-corrected chi connectivity index (χ1v) is 9.54. The molecule has 0 aliphatic heterocycles. The second kappa shape index (κ2) is 6.27. The van der Waals surface area contributed by atoms with E-state index in [0.717, 1.165) is 39.3 Å². The second-order valence-electron chi connectivity index (χ2n) is 6.60. The summed E-state index contributed by atoms with van der Waals surface area (Å²) in [6, 6.07) is 7.29. The maximum absolute atomic E-state index is 12.8. The molecule has 0 spiro atoms. The molecule has 1 N–H and O–H groups in total. The number of sulfonamides is 1. The van der Waals surface area contributed by atoms with Crippen LogP contribution in [-0.2, 0) is 24.1 Å². The van der Waals surface area contributed by atoms with Gasteiger partial charge in [-0.25, -0.2) is 17.9 Å². The largest absolute Gasteiger partial charge is 0.330 e. The molecule has 1 atom stereocenters. The van der Waals surface area contributed by atoms with Crippen molar-refractivity contribution in [1.29, 1.82) is 0 Å². The molecule has 134 valence electrons. The Labute approximate surface area is 146 Å². The van der Waals surface area contributed by atoms with Crippen LogP contribution >= 0.6 is 0 Å². The topological polar surface area (TPSA) is 90.2 Å². The molecule has 1 unspecified atom stereocenters. The number of aromatic nitrogens is 2. The summed E-state index contributed by atoms with van der Waals surface area (Å²) < 4.78 is 30.2. The molecular weight excluding hydrogens is 342 g/mol. The summed E-state index contributed by atoms with van der Waals surface area (Å²) in [6.45, 7) is 1.97. The van der Waals surface area contributed by atoms with Gasteiger partial charge >= 0.3 is 5.69 Å². The van der Waals surface area contributed by atoms with E-state index < -0.39 is 26.2 Å². The summed E-state index contributed by atoms with van der Waals surface area (Å²) in [6.07, 6.45) is 2.95. The monoisotopic (exact) mass is 363 g/mol. The van der Waals surface area contributed by atoms with Gasteiger partial charge in [0.25, 0.3) is 5.56 Å². The zero-order valence-corrected chi connectivity index (χ0v) is 15.2. The number of hydrogen-bond acceptors (Lipinski definition) is 4. The molecular formula is C17H21N3O4S. The van der Waals surface area contributed by atoms with Crippen molar-refractivity contribution in [2.45, 2.75) is 30.7 Å². The van der Waals surface area contributed by atoms with Gasteiger partial charge in [-0.15, -0.1) is 0 Å². The van der Waals surface area contributed by atoms with Crippen LogP contribution in [-0.4, -0.2) is 17.6 Å². The molecule has 1 aliphatic carbocycles. The number of nitrogens with one attached hydrogen (secondary N) is 1. The maximum atomic E-state index is 12.8. The molecule has 7 nitrogen and oxygen atoms in total. The maximum Gasteiger partial charge on any atom is 0.330 e. The highest BCUT2D eigenvalue weighted by molar-refractivity contribution is 7.89. The molecule has 1 saturated carbocycles. The van der Waals surface area contributed by atoms with Crippen molar-refractivity contribution in [3.8, 4) is 0 Å². The minimum absolute atomic E-state index is 0.217. The smallest absolute Gasteiger partial charge is 0.302 e. The number of nitrogens with zero attached hydrogens (tertiary/aromatic N) is 2. The molecule has 8 heteroatoms. The van der Waals surface area contributed by atoms with Gasteiger partial charge in [0.1, 0.15) is 0 Å². The van der Waals surface area contributed by atoms with E-state index in [-0.39, 0.29) is 12.0 Å². The van der Waals surface area contributed by atoms with Gasteiger partial charge < -0.3 is 4.57 Å². The number of aryl methyl sites for hydroxylation is 2. The summed E-state index contributed by atoms with van der Waals surface area (Å²) in [5, 5.41) is 0. The van der Waals surface area contributed by atoms with Gasteiger partial charge in [0.2, 0.25) is 10.0 Å². The van der Waals surface area contributed by atoms with Crippen LogP contribution in [0.25, 0.3) is 0 Å². The van der Waals surface area contributed by atoms with Crippen molar-refractivity contribution < 1.29 is 8.42 Å². The molecule has 1 fully saturated rings. The van der Waals surface area contributed by atoms with Gasteiger partial charge in [-0.05, 0) is 31.2 Å². The highest BCUT2D eigenvalue weighted by atomic mass is 32.2. The molecule has 25 heavy (non-hydrogen) atoms. The summed E-state index contributed by atoms with van der Waals surface area (Å²) in [5.41, 5.74) is 0.571. The van der Waals surface area contributed by atoms with Gasteiger partial charge in [0.15, 0.2) is 4.90 Å². The molecule has 0 radical (unpaired) electrons. The molecule has 0 amide bonds. The van der Waals surface area contributed by atoms with Crippen LogP contribution < -0.4 is 16.0 Å². The van der Waals surface area contributed by atoms with Crippen LogP contribution in [0.4, 0.5) is 0 Å². The van der Waals surface area contributed by atoms with Gasteiger partial charge in [0.05, 0.1) is 0 Å². The fraction of sp³-hybridized carbons (Fsp3) is 0.412.